The van der Waals surface area contributed by atoms with Crippen molar-refractivity contribution in [3.05, 3.63) is 70.3 Å². The van der Waals surface area contributed by atoms with Crippen molar-refractivity contribution in [2.45, 2.75) is 31.8 Å². The molecule has 5 rings (SSSR count). The van der Waals surface area contributed by atoms with Crippen molar-refractivity contribution in [3.63, 3.8) is 0 Å². The van der Waals surface area contributed by atoms with Gasteiger partial charge in [0, 0.05) is 36.1 Å². The fraction of sp³-hybridized carbons (Fsp3) is 0.375. The number of methoxy groups -OCH3 is 1. The molecule has 2 aliphatic heterocycles. The number of ether oxygens (including phenoxy) is 1. The largest absolute Gasteiger partial charge is 0.497 e. The van der Waals surface area contributed by atoms with Crippen LogP contribution in [0.5, 0.6) is 5.75 Å². The minimum absolute atomic E-state index is 0.0454. The van der Waals surface area contributed by atoms with Crippen LogP contribution in [0, 0.1) is 0 Å². The molecule has 0 atom stereocenters. The van der Waals surface area contributed by atoms with Crippen molar-refractivity contribution in [3.8, 4) is 11.4 Å². The Bertz CT molecular complexity index is 1150. The number of nitrogens with zero attached hydrogens (tertiary/aromatic N) is 5. The molecule has 7 nitrogen and oxygen atoms in total. The molecule has 1 aromatic heterocycles. The third-order valence-electron chi connectivity index (χ3n) is 6.35. The van der Waals surface area contributed by atoms with Crippen molar-refractivity contribution < 1.29 is 9.53 Å². The summed E-state index contributed by atoms with van der Waals surface area (Å²) in [6, 6.07) is 13.4. The smallest absolute Gasteiger partial charge is 0.253 e. The highest BCUT2D eigenvalue weighted by molar-refractivity contribution is 6.30. The Kier molecular flexibility index (Phi) is 5.61. The van der Waals surface area contributed by atoms with E-state index in [0.29, 0.717) is 24.4 Å². The second-order valence-corrected chi connectivity index (χ2v) is 8.99. The van der Waals surface area contributed by atoms with Crippen LogP contribution >= 0.6 is 11.6 Å². The van der Waals surface area contributed by atoms with Crippen LogP contribution in [-0.2, 0) is 13.1 Å². The minimum Gasteiger partial charge on any atom is -0.497 e. The molecule has 0 saturated carbocycles. The number of fused-ring (bicyclic) bond motifs is 3. The van der Waals surface area contributed by atoms with Crippen molar-refractivity contribution in [1.82, 2.24) is 24.6 Å². The second kappa shape index (κ2) is 8.56. The average molecular weight is 452 g/mol. The topological polar surface area (TPSA) is 63.5 Å². The molecule has 3 aromatic rings. The fourth-order valence-corrected chi connectivity index (χ4v) is 4.92. The van der Waals surface area contributed by atoms with E-state index >= 15 is 0 Å². The van der Waals surface area contributed by atoms with Crippen LogP contribution < -0.4 is 4.74 Å². The quantitative estimate of drug-likeness (QED) is 0.604. The van der Waals surface area contributed by atoms with Crippen LogP contribution in [0.1, 0.15) is 46.3 Å². The van der Waals surface area contributed by atoms with Gasteiger partial charge in [-0.25, -0.2) is 0 Å². The van der Waals surface area contributed by atoms with E-state index in [-0.39, 0.29) is 11.8 Å². The number of hydrogen-bond acceptors (Lipinski definition) is 5. The summed E-state index contributed by atoms with van der Waals surface area (Å²) in [6.45, 7) is 2.92. The maximum Gasteiger partial charge on any atom is 0.253 e. The van der Waals surface area contributed by atoms with Gasteiger partial charge in [0.05, 0.1) is 19.3 Å². The van der Waals surface area contributed by atoms with Crippen molar-refractivity contribution in [2.24, 2.45) is 0 Å². The maximum atomic E-state index is 13.0. The molecule has 0 bridgehead atoms. The molecule has 8 heteroatoms. The Labute approximate surface area is 192 Å². The molecule has 3 heterocycles. The summed E-state index contributed by atoms with van der Waals surface area (Å²) in [7, 11) is 3.69. The van der Waals surface area contributed by atoms with Crippen LogP contribution in [0.25, 0.3) is 5.69 Å². The van der Waals surface area contributed by atoms with Gasteiger partial charge in [0.1, 0.15) is 11.6 Å². The van der Waals surface area contributed by atoms with Gasteiger partial charge in [-0.3, -0.25) is 14.3 Å². The normalized spacial score (nSPS) is 16.9. The predicted molar refractivity (Wildman–Crippen MR) is 122 cm³/mol. The lowest BCUT2D eigenvalue weighted by Gasteiger charge is -2.32. The number of piperidine rings is 1. The molecular formula is C24H26ClN5O2. The van der Waals surface area contributed by atoms with Crippen LogP contribution in [0.15, 0.2) is 42.5 Å². The summed E-state index contributed by atoms with van der Waals surface area (Å²) in [4.78, 5) is 17.1. The van der Waals surface area contributed by atoms with E-state index in [4.69, 9.17) is 16.3 Å². The second-order valence-electron chi connectivity index (χ2n) is 8.55. The lowest BCUT2D eigenvalue weighted by atomic mass is 9.95. The van der Waals surface area contributed by atoms with Gasteiger partial charge in [-0.1, -0.05) is 17.7 Å². The number of amides is 1. The Balaban J connectivity index is 1.38. The molecule has 0 unspecified atom stereocenters. The van der Waals surface area contributed by atoms with Crippen LogP contribution in [0.3, 0.4) is 0 Å². The molecule has 1 fully saturated rings. The minimum atomic E-state index is 0.0454. The first-order chi connectivity index (χ1) is 15.5. The molecule has 0 radical (unpaired) electrons. The first kappa shape index (κ1) is 21.0. The van der Waals surface area contributed by atoms with Crippen LogP contribution in [-0.4, -0.2) is 57.7 Å². The van der Waals surface area contributed by atoms with Crippen LogP contribution in [0.2, 0.25) is 5.02 Å². The van der Waals surface area contributed by atoms with E-state index in [1.165, 1.54) is 5.56 Å². The van der Waals surface area contributed by atoms with Crippen molar-refractivity contribution in [2.75, 3.05) is 27.2 Å². The molecule has 1 amide bonds. The van der Waals surface area contributed by atoms with Gasteiger partial charge in [-0.15, -0.1) is 10.2 Å². The summed E-state index contributed by atoms with van der Waals surface area (Å²) < 4.78 is 7.47. The Morgan fingerprint density at radius 3 is 2.69 bits per heavy atom. The molecule has 166 valence electrons. The number of benzene rings is 2. The molecule has 32 heavy (non-hydrogen) atoms. The fourth-order valence-electron chi connectivity index (χ4n) is 4.73. The number of hydrogen-bond donors (Lipinski definition) is 0. The van der Waals surface area contributed by atoms with E-state index in [1.54, 1.807) is 13.2 Å². The molecule has 2 aliphatic rings. The van der Waals surface area contributed by atoms with Gasteiger partial charge in [-0.2, -0.15) is 0 Å². The van der Waals surface area contributed by atoms with E-state index in [0.717, 1.165) is 48.3 Å². The van der Waals surface area contributed by atoms with Gasteiger partial charge >= 0.3 is 0 Å². The third kappa shape index (κ3) is 3.87. The van der Waals surface area contributed by atoms with E-state index < -0.39 is 0 Å². The number of carbonyl (C=O) groups excluding carboxylic acids is 1. The van der Waals surface area contributed by atoms with Gasteiger partial charge in [0.15, 0.2) is 5.82 Å². The highest BCUT2D eigenvalue weighted by atomic mass is 35.5. The van der Waals surface area contributed by atoms with Gasteiger partial charge in [0.2, 0.25) is 0 Å². The molecule has 0 spiro atoms. The summed E-state index contributed by atoms with van der Waals surface area (Å²) >= 11 is 6.28. The van der Waals surface area contributed by atoms with Gasteiger partial charge in [-0.05, 0) is 61.9 Å². The zero-order chi connectivity index (χ0) is 22.2. The summed E-state index contributed by atoms with van der Waals surface area (Å²) in [5.41, 5.74) is 2.93. The lowest BCUT2D eigenvalue weighted by molar-refractivity contribution is 0.0710. The molecule has 0 N–H and O–H groups in total. The number of halogens is 1. The zero-order valence-corrected chi connectivity index (χ0v) is 19.0. The standard InChI is InChI=1S/C24H26ClN5O2/c1-28-14-18-12-19(25)6-7-21(18)30-22(15-28)26-27-23(30)16-8-10-29(11-9-16)24(31)17-4-3-5-20(13-17)32-2/h3-7,12-13,16H,8-11,14-15H2,1-2H3. The van der Waals surface area contributed by atoms with E-state index in [9.17, 15) is 4.79 Å². The maximum absolute atomic E-state index is 13.0. The van der Waals surface area contributed by atoms with Gasteiger partial charge in [0.25, 0.3) is 5.91 Å². The summed E-state index contributed by atoms with van der Waals surface area (Å²) in [6.07, 6.45) is 1.71. The van der Waals surface area contributed by atoms with Crippen molar-refractivity contribution >= 4 is 17.5 Å². The number of carbonyl (C=O) groups is 1. The SMILES string of the molecule is COc1cccc(C(=O)N2CCC(c3nnc4n3-c3ccc(Cl)cc3CN(C)C4)CC2)c1. The lowest BCUT2D eigenvalue weighted by Crippen LogP contribution is -2.38. The third-order valence-corrected chi connectivity index (χ3v) is 6.59. The number of rotatable bonds is 3. The van der Waals surface area contributed by atoms with E-state index in [2.05, 4.69) is 32.8 Å². The first-order valence-corrected chi connectivity index (χ1v) is 11.3. The number of likely N-dealkylation sites (tertiary alicyclic amines) is 1. The average Bonchev–Trinajstić information content (AvgIpc) is 3.15. The Morgan fingerprint density at radius 2 is 1.91 bits per heavy atom. The van der Waals surface area contributed by atoms with Gasteiger partial charge < -0.3 is 9.64 Å². The summed E-state index contributed by atoms with van der Waals surface area (Å²) in [5, 5.41) is 9.87. The Hall–Kier alpha value is -2.90. The zero-order valence-electron chi connectivity index (χ0n) is 18.3. The van der Waals surface area contributed by atoms with E-state index in [1.807, 2.05) is 35.2 Å². The van der Waals surface area contributed by atoms with Crippen molar-refractivity contribution in [1.29, 1.82) is 0 Å². The first-order valence-electron chi connectivity index (χ1n) is 10.9. The summed E-state index contributed by atoms with van der Waals surface area (Å²) in [5.74, 6) is 2.91. The monoisotopic (exact) mass is 451 g/mol. The molecular weight excluding hydrogens is 426 g/mol. The Morgan fingerprint density at radius 1 is 1.09 bits per heavy atom. The highest BCUT2D eigenvalue weighted by Crippen LogP contribution is 2.33. The highest BCUT2D eigenvalue weighted by Gasteiger charge is 2.31. The molecule has 2 aromatic carbocycles. The predicted octanol–water partition coefficient (Wildman–Crippen LogP) is 3.89. The molecule has 0 aliphatic carbocycles. The number of aromatic nitrogens is 3. The molecule has 1 saturated heterocycles. The van der Waals surface area contributed by atoms with Crippen LogP contribution in [0.4, 0.5) is 0 Å².